The molecule has 0 saturated heterocycles. The number of benzene rings is 3. The van der Waals surface area contributed by atoms with Crippen LogP contribution in [0.3, 0.4) is 0 Å². The van der Waals surface area contributed by atoms with Crippen molar-refractivity contribution in [2.45, 2.75) is 13.3 Å². The molecule has 1 heterocycles. The van der Waals surface area contributed by atoms with Crippen molar-refractivity contribution in [3.8, 4) is 16.9 Å². The monoisotopic (exact) mass is 477 g/mol. The van der Waals surface area contributed by atoms with E-state index in [1.807, 2.05) is 38.4 Å². The smallest absolute Gasteiger partial charge is 0.170 e. The van der Waals surface area contributed by atoms with Crippen molar-refractivity contribution in [1.29, 1.82) is 0 Å². The standard InChI is InChI=1S/C27H25ClFN3O2/c1-16(33)22-15-30-25-8-7-18(19-13-23(28)27(34)24(29)14-19)12-21(25)26(22)31-20-6-4-5-17(11-20)9-10-32(2)3/h4-8,11-15,34H,9-10H2,1-3H3,(H,30,31). The second-order valence-electron chi connectivity index (χ2n) is 8.50. The largest absolute Gasteiger partial charge is 0.504 e. The van der Waals surface area contributed by atoms with E-state index in [4.69, 9.17) is 11.6 Å². The van der Waals surface area contributed by atoms with Gasteiger partial charge in [0.25, 0.3) is 0 Å². The molecule has 0 atom stereocenters. The van der Waals surface area contributed by atoms with Crippen LogP contribution < -0.4 is 5.32 Å². The van der Waals surface area contributed by atoms with Gasteiger partial charge in [-0.2, -0.15) is 0 Å². The van der Waals surface area contributed by atoms with Crippen LogP contribution >= 0.6 is 11.6 Å². The summed E-state index contributed by atoms with van der Waals surface area (Å²) in [6, 6.07) is 16.3. The summed E-state index contributed by atoms with van der Waals surface area (Å²) in [6.07, 6.45) is 2.47. The molecule has 3 aromatic carbocycles. The van der Waals surface area contributed by atoms with E-state index in [0.717, 1.165) is 18.7 Å². The van der Waals surface area contributed by atoms with Gasteiger partial charge < -0.3 is 15.3 Å². The molecule has 0 unspecified atom stereocenters. The third-order valence-electron chi connectivity index (χ3n) is 5.64. The van der Waals surface area contributed by atoms with Gasteiger partial charge in [0.1, 0.15) is 0 Å². The van der Waals surface area contributed by atoms with Crippen LogP contribution in [0.2, 0.25) is 5.02 Å². The lowest BCUT2D eigenvalue weighted by Gasteiger charge is -2.16. The van der Waals surface area contributed by atoms with Crippen LogP contribution in [0.1, 0.15) is 22.8 Å². The van der Waals surface area contributed by atoms with Gasteiger partial charge in [-0.15, -0.1) is 0 Å². The van der Waals surface area contributed by atoms with Crippen molar-refractivity contribution in [2.75, 3.05) is 26.0 Å². The molecule has 0 bridgehead atoms. The summed E-state index contributed by atoms with van der Waals surface area (Å²) in [4.78, 5) is 19.0. The number of pyridine rings is 1. The van der Waals surface area contributed by atoms with Gasteiger partial charge in [-0.05, 0) is 80.5 Å². The molecule has 0 amide bonds. The number of phenols is 1. The van der Waals surface area contributed by atoms with E-state index in [1.54, 1.807) is 12.3 Å². The number of halogens is 2. The SMILES string of the molecule is CC(=O)c1cnc2ccc(-c3cc(F)c(O)c(Cl)c3)cc2c1Nc1cccc(CCN(C)C)c1. The summed E-state index contributed by atoms with van der Waals surface area (Å²) < 4.78 is 14.1. The molecule has 0 spiro atoms. The van der Waals surface area contributed by atoms with Crippen LogP contribution in [0.25, 0.3) is 22.0 Å². The van der Waals surface area contributed by atoms with Crippen molar-refractivity contribution in [2.24, 2.45) is 0 Å². The van der Waals surface area contributed by atoms with Crippen LogP contribution in [0.4, 0.5) is 15.8 Å². The molecule has 174 valence electrons. The molecule has 34 heavy (non-hydrogen) atoms. The van der Waals surface area contributed by atoms with E-state index in [2.05, 4.69) is 27.3 Å². The normalized spacial score (nSPS) is 11.2. The number of nitrogens with zero attached hydrogens (tertiary/aromatic N) is 2. The Bertz CT molecular complexity index is 1360. The predicted molar refractivity (Wildman–Crippen MR) is 136 cm³/mol. The van der Waals surface area contributed by atoms with Gasteiger partial charge in [-0.25, -0.2) is 4.39 Å². The summed E-state index contributed by atoms with van der Waals surface area (Å²) in [5.41, 5.74) is 5.00. The Morgan fingerprint density at radius 3 is 2.62 bits per heavy atom. The number of aromatic nitrogens is 1. The average molecular weight is 478 g/mol. The van der Waals surface area contributed by atoms with Gasteiger partial charge in [0.15, 0.2) is 17.3 Å². The maximum absolute atomic E-state index is 14.1. The summed E-state index contributed by atoms with van der Waals surface area (Å²) in [5, 5.41) is 13.7. The number of carbonyl (C=O) groups is 1. The van der Waals surface area contributed by atoms with Crippen LogP contribution in [-0.4, -0.2) is 41.4 Å². The number of hydrogen-bond donors (Lipinski definition) is 2. The first-order valence-corrected chi connectivity index (χ1v) is 11.2. The van der Waals surface area contributed by atoms with Gasteiger partial charge in [0.2, 0.25) is 0 Å². The number of hydrogen-bond acceptors (Lipinski definition) is 5. The van der Waals surface area contributed by atoms with E-state index < -0.39 is 11.6 Å². The molecule has 4 aromatic rings. The van der Waals surface area contributed by atoms with Gasteiger partial charge >= 0.3 is 0 Å². The Labute approximate surface area is 202 Å². The predicted octanol–water partition coefficient (Wildman–Crippen LogP) is 6.45. The van der Waals surface area contributed by atoms with Crippen molar-refractivity contribution < 1.29 is 14.3 Å². The van der Waals surface area contributed by atoms with Gasteiger partial charge in [0, 0.05) is 23.8 Å². The maximum atomic E-state index is 14.1. The van der Waals surface area contributed by atoms with Crippen LogP contribution in [0.5, 0.6) is 5.75 Å². The molecule has 1 aromatic heterocycles. The summed E-state index contributed by atoms with van der Waals surface area (Å²) >= 11 is 5.99. The van der Waals surface area contributed by atoms with Gasteiger partial charge in [-0.1, -0.05) is 29.8 Å². The number of anilines is 2. The molecule has 0 fully saturated rings. The molecule has 2 N–H and O–H groups in total. The van der Waals surface area contributed by atoms with Crippen molar-refractivity contribution in [3.63, 3.8) is 0 Å². The first-order chi connectivity index (χ1) is 16.2. The van der Waals surface area contributed by atoms with Crippen molar-refractivity contribution in [3.05, 3.63) is 82.8 Å². The average Bonchev–Trinajstić information content (AvgIpc) is 2.81. The highest BCUT2D eigenvalue weighted by Gasteiger charge is 2.16. The Morgan fingerprint density at radius 2 is 1.91 bits per heavy atom. The fraction of sp³-hybridized carbons (Fsp3) is 0.185. The minimum Gasteiger partial charge on any atom is -0.504 e. The first-order valence-electron chi connectivity index (χ1n) is 10.9. The lowest BCUT2D eigenvalue weighted by molar-refractivity contribution is 0.101. The molecule has 4 rings (SSSR count). The number of aromatic hydroxyl groups is 1. The van der Waals surface area contributed by atoms with Crippen LogP contribution in [0, 0.1) is 5.82 Å². The van der Waals surface area contributed by atoms with Gasteiger partial charge in [0.05, 0.1) is 21.8 Å². The van der Waals surface area contributed by atoms with E-state index in [9.17, 15) is 14.3 Å². The lowest BCUT2D eigenvalue weighted by Crippen LogP contribution is -2.15. The fourth-order valence-electron chi connectivity index (χ4n) is 3.81. The van der Waals surface area contributed by atoms with E-state index in [0.29, 0.717) is 33.3 Å². The fourth-order valence-corrected chi connectivity index (χ4v) is 4.02. The maximum Gasteiger partial charge on any atom is 0.170 e. The van der Waals surface area contributed by atoms with Crippen molar-refractivity contribution >= 4 is 39.7 Å². The summed E-state index contributed by atoms with van der Waals surface area (Å²) in [6.45, 7) is 2.43. The Balaban J connectivity index is 1.82. The molecule has 5 nitrogen and oxygen atoms in total. The zero-order chi connectivity index (χ0) is 24.4. The van der Waals surface area contributed by atoms with Crippen LogP contribution in [0.15, 0.2) is 60.8 Å². The number of likely N-dealkylation sites (N-methyl/N-ethyl adjacent to an activating group) is 1. The molecule has 0 aliphatic rings. The highest BCUT2D eigenvalue weighted by molar-refractivity contribution is 6.32. The molecule has 0 aliphatic carbocycles. The molecular weight excluding hydrogens is 453 g/mol. The number of rotatable bonds is 7. The Morgan fingerprint density at radius 1 is 1.12 bits per heavy atom. The minimum atomic E-state index is -0.800. The van der Waals surface area contributed by atoms with E-state index in [1.165, 1.54) is 24.6 Å². The molecular formula is C27H25ClFN3O2. The highest BCUT2D eigenvalue weighted by atomic mass is 35.5. The minimum absolute atomic E-state index is 0.0707. The number of Topliss-reactive ketones (excluding diaryl/α,β-unsaturated/α-hetero) is 1. The summed E-state index contributed by atoms with van der Waals surface area (Å²) in [5.74, 6) is -1.50. The third kappa shape index (κ3) is 5.03. The topological polar surface area (TPSA) is 65.5 Å². The second kappa shape index (κ2) is 9.79. The first kappa shape index (κ1) is 23.7. The van der Waals surface area contributed by atoms with E-state index in [-0.39, 0.29) is 10.8 Å². The van der Waals surface area contributed by atoms with Gasteiger partial charge in [-0.3, -0.25) is 9.78 Å². The number of carbonyl (C=O) groups excluding carboxylic acids is 1. The lowest BCUT2D eigenvalue weighted by atomic mass is 9.99. The third-order valence-corrected chi connectivity index (χ3v) is 5.93. The number of nitrogens with one attached hydrogen (secondary N) is 1. The quantitative estimate of drug-likeness (QED) is 0.299. The molecule has 0 aliphatic heterocycles. The van der Waals surface area contributed by atoms with E-state index >= 15 is 0 Å². The number of ketones is 1. The molecule has 0 radical (unpaired) electrons. The molecule has 0 saturated carbocycles. The number of fused-ring (bicyclic) bond motifs is 1. The zero-order valence-corrected chi connectivity index (χ0v) is 19.9. The summed E-state index contributed by atoms with van der Waals surface area (Å²) in [7, 11) is 4.07. The van der Waals surface area contributed by atoms with Crippen molar-refractivity contribution in [1.82, 2.24) is 9.88 Å². The van der Waals surface area contributed by atoms with Crippen LogP contribution in [-0.2, 0) is 6.42 Å². The highest BCUT2D eigenvalue weighted by Crippen LogP contribution is 2.36. The Hall–Kier alpha value is -3.48. The zero-order valence-electron chi connectivity index (χ0n) is 19.2. The number of phenolic OH excluding ortho intramolecular Hbond substituents is 1. The molecule has 7 heteroatoms. The Kier molecular flexibility index (Phi) is 6.82. The second-order valence-corrected chi connectivity index (χ2v) is 8.91.